The van der Waals surface area contributed by atoms with Gasteiger partial charge in [0.25, 0.3) is 0 Å². The summed E-state index contributed by atoms with van der Waals surface area (Å²) in [5.41, 5.74) is -1.34. The van der Waals surface area contributed by atoms with Gasteiger partial charge in [-0.1, -0.05) is 34.1 Å². The van der Waals surface area contributed by atoms with E-state index in [2.05, 4.69) is 27.7 Å². The van der Waals surface area contributed by atoms with Gasteiger partial charge in [-0.2, -0.15) is 0 Å². The summed E-state index contributed by atoms with van der Waals surface area (Å²) in [5, 5.41) is 12.3. The van der Waals surface area contributed by atoms with Crippen LogP contribution in [0.4, 0.5) is 0 Å². The van der Waals surface area contributed by atoms with Crippen molar-refractivity contribution in [2.45, 2.75) is 104 Å². The highest BCUT2D eigenvalue weighted by molar-refractivity contribution is 5.84. The van der Waals surface area contributed by atoms with Crippen LogP contribution in [0, 0.1) is 28.1 Å². The first-order chi connectivity index (χ1) is 12.4. The molecule has 4 aliphatic rings. The maximum Gasteiger partial charge on any atom is 0.163 e. The number of fused-ring (bicyclic) bond motifs is 3. The SMILES string of the molecule is CC1(C)OC[C@@H]([C@@]2(C)CC[C@@]3(O)[C@H]2C(=O)CC[C@H]2C(C)(C)CCC[C@@]23C)O1. The highest BCUT2D eigenvalue weighted by Gasteiger charge is 2.70. The molecule has 4 rings (SSSR count). The van der Waals surface area contributed by atoms with E-state index in [0.717, 1.165) is 25.7 Å². The van der Waals surface area contributed by atoms with Gasteiger partial charge in [0.1, 0.15) is 5.78 Å². The van der Waals surface area contributed by atoms with Crippen LogP contribution in [-0.2, 0) is 14.3 Å². The second-order valence-corrected chi connectivity index (χ2v) is 11.5. The van der Waals surface area contributed by atoms with Gasteiger partial charge in [0.05, 0.1) is 24.2 Å². The largest absolute Gasteiger partial charge is 0.389 e. The van der Waals surface area contributed by atoms with E-state index in [1.54, 1.807) is 0 Å². The molecular formula is C23H38O4. The lowest BCUT2D eigenvalue weighted by Crippen LogP contribution is -2.60. The molecule has 0 aromatic heterocycles. The van der Waals surface area contributed by atoms with Gasteiger partial charge >= 0.3 is 0 Å². The summed E-state index contributed by atoms with van der Waals surface area (Å²) in [6.07, 6.45) is 6.23. The number of Topliss-reactive ketones (excluding diaryl/α,β-unsaturated/α-hetero) is 1. The van der Waals surface area contributed by atoms with Crippen LogP contribution in [0.25, 0.3) is 0 Å². The third-order valence-corrected chi connectivity index (χ3v) is 9.15. The van der Waals surface area contributed by atoms with Crippen LogP contribution in [0.15, 0.2) is 0 Å². The maximum absolute atomic E-state index is 13.5. The third kappa shape index (κ3) is 2.62. The van der Waals surface area contributed by atoms with E-state index >= 15 is 0 Å². The number of ketones is 1. The topological polar surface area (TPSA) is 55.8 Å². The molecule has 4 heteroatoms. The van der Waals surface area contributed by atoms with E-state index in [1.165, 1.54) is 6.42 Å². The molecule has 6 atom stereocenters. The Kier molecular flexibility index (Phi) is 4.26. The Hall–Kier alpha value is -0.450. The first kappa shape index (κ1) is 19.8. The molecule has 4 nitrogen and oxygen atoms in total. The third-order valence-electron chi connectivity index (χ3n) is 9.15. The number of carbonyl (C=O) groups excluding carboxylic acids is 1. The van der Waals surface area contributed by atoms with Crippen molar-refractivity contribution >= 4 is 5.78 Å². The second kappa shape index (κ2) is 5.79. The van der Waals surface area contributed by atoms with Crippen LogP contribution in [-0.4, -0.2) is 35.0 Å². The van der Waals surface area contributed by atoms with E-state index in [9.17, 15) is 9.90 Å². The molecule has 0 radical (unpaired) electrons. The van der Waals surface area contributed by atoms with Gasteiger partial charge in [-0.15, -0.1) is 0 Å². The fraction of sp³-hybridized carbons (Fsp3) is 0.957. The van der Waals surface area contributed by atoms with Crippen LogP contribution in [0.3, 0.4) is 0 Å². The minimum atomic E-state index is -0.937. The summed E-state index contributed by atoms with van der Waals surface area (Å²) in [5.74, 6) is -0.326. The number of rotatable bonds is 1. The molecule has 0 bridgehead atoms. The molecule has 27 heavy (non-hydrogen) atoms. The summed E-state index contributed by atoms with van der Waals surface area (Å²) in [6.45, 7) is 13.5. The number of hydrogen-bond acceptors (Lipinski definition) is 4. The number of hydrogen-bond donors (Lipinski definition) is 1. The second-order valence-electron chi connectivity index (χ2n) is 11.5. The van der Waals surface area contributed by atoms with Gasteiger partial charge < -0.3 is 14.6 Å². The predicted molar refractivity (Wildman–Crippen MR) is 104 cm³/mol. The Bertz CT molecular complexity index is 640. The van der Waals surface area contributed by atoms with Crippen LogP contribution in [0.1, 0.15) is 86.5 Å². The van der Waals surface area contributed by atoms with E-state index in [4.69, 9.17) is 9.47 Å². The van der Waals surface area contributed by atoms with Crippen molar-refractivity contribution in [3.63, 3.8) is 0 Å². The molecule has 0 unspecified atom stereocenters. The molecule has 0 aromatic rings. The van der Waals surface area contributed by atoms with Crippen molar-refractivity contribution in [1.82, 2.24) is 0 Å². The van der Waals surface area contributed by atoms with Crippen molar-refractivity contribution in [3.8, 4) is 0 Å². The summed E-state index contributed by atoms with van der Waals surface area (Å²) >= 11 is 0. The normalized spacial score (nSPS) is 51.5. The Morgan fingerprint density at radius 1 is 1.00 bits per heavy atom. The zero-order chi connectivity index (χ0) is 19.9. The van der Waals surface area contributed by atoms with Crippen molar-refractivity contribution < 1.29 is 19.4 Å². The van der Waals surface area contributed by atoms with Gasteiger partial charge in [0.15, 0.2) is 5.79 Å². The van der Waals surface area contributed by atoms with Gasteiger partial charge in [-0.05, 0) is 57.3 Å². The lowest BCUT2D eigenvalue weighted by Gasteiger charge is -2.58. The standard InChI is InChI=1S/C23H38O4/c1-19(2)10-7-11-22(6)16(19)9-8-15(24)18-21(5,12-13-23(18,22)25)17-14-26-20(3,4)27-17/h16-18,25H,7-14H2,1-6H3/t16-,17-,18-,21+,22-,23+/m0/s1. The van der Waals surface area contributed by atoms with Crippen molar-refractivity contribution in [2.75, 3.05) is 6.61 Å². The Balaban J connectivity index is 1.77. The molecule has 0 amide bonds. The summed E-state index contributed by atoms with van der Waals surface area (Å²) < 4.78 is 12.1. The minimum absolute atomic E-state index is 0.132. The molecule has 0 aromatic carbocycles. The van der Waals surface area contributed by atoms with Gasteiger partial charge in [-0.3, -0.25) is 4.79 Å². The highest BCUT2D eigenvalue weighted by atomic mass is 16.7. The van der Waals surface area contributed by atoms with E-state index < -0.39 is 11.4 Å². The summed E-state index contributed by atoms with van der Waals surface area (Å²) in [4.78, 5) is 13.5. The predicted octanol–water partition coefficient (Wildman–Crippen LogP) is 4.48. The molecule has 3 saturated carbocycles. The van der Waals surface area contributed by atoms with Crippen LogP contribution in [0.5, 0.6) is 0 Å². The lowest BCUT2D eigenvalue weighted by atomic mass is 9.49. The quantitative estimate of drug-likeness (QED) is 0.731. The molecule has 1 aliphatic heterocycles. The fourth-order valence-electron chi connectivity index (χ4n) is 7.68. The Morgan fingerprint density at radius 2 is 1.70 bits per heavy atom. The van der Waals surface area contributed by atoms with Gasteiger partial charge in [0, 0.05) is 17.3 Å². The molecule has 1 N–H and O–H groups in total. The molecule has 4 fully saturated rings. The zero-order valence-corrected chi connectivity index (χ0v) is 18.1. The molecule has 154 valence electrons. The molecule has 1 saturated heterocycles. The average Bonchev–Trinajstić information content (AvgIpc) is 3.02. The zero-order valence-electron chi connectivity index (χ0n) is 18.1. The van der Waals surface area contributed by atoms with E-state index in [0.29, 0.717) is 25.4 Å². The Labute approximate surface area is 164 Å². The van der Waals surface area contributed by atoms with Crippen LogP contribution in [0.2, 0.25) is 0 Å². The molecule has 0 spiro atoms. The summed E-state index contributed by atoms with van der Waals surface area (Å²) in [7, 11) is 0. The number of ether oxygens (including phenoxy) is 2. The maximum atomic E-state index is 13.5. The smallest absolute Gasteiger partial charge is 0.163 e. The monoisotopic (exact) mass is 378 g/mol. The van der Waals surface area contributed by atoms with Crippen LogP contribution >= 0.6 is 0 Å². The van der Waals surface area contributed by atoms with Crippen molar-refractivity contribution in [3.05, 3.63) is 0 Å². The first-order valence-electron chi connectivity index (χ1n) is 10.9. The summed E-state index contributed by atoms with van der Waals surface area (Å²) in [6, 6.07) is 0. The van der Waals surface area contributed by atoms with Crippen molar-refractivity contribution in [2.24, 2.45) is 28.1 Å². The fourth-order valence-corrected chi connectivity index (χ4v) is 7.68. The number of carbonyl (C=O) groups is 1. The van der Waals surface area contributed by atoms with E-state index in [-0.39, 0.29) is 34.1 Å². The van der Waals surface area contributed by atoms with Crippen LogP contribution < -0.4 is 0 Å². The molecule has 3 aliphatic carbocycles. The number of aliphatic hydroxyl groups is 1. The molecular weight excluding hydrogens is 340 g/mol. The molecule has 1 heterocycles. The highest BCUT2D eigenvalue weighted by Crippen LogP contribution is 2.68. The average molecular weight is 379 g/mol. The van der Waals surface area contributed by atoms with E-state index in [1.807, 2.05) is 13.8 Å². The van der Waals surface area contributed by atoms with Gasteiger partial charge in [-0.25, -0.2) is 0 Å². The Morgan fingerprint density at radius 3 is 2.33 bits per heavy atom. The first-order valence-corrected chi connectivity index (χ1v) is 10.9. The van der Waals surface area contributed by atoms with Gasteiger partial charge in [0.2, 0.25) is 0 Å². The van der Waals surface area contributed by atoms with Crippen molar-refractivity contribution in [1.29, 1.82) is 0 Å². The minimum Gasteiger partial charge on any atom is -0.389 e. The lowest BCUT2D eigenvalue weighted by molar-refractivity contribution is -0.192.